The SMILES string of the molecule is CCNC(=NCc1ccc(C)cc1OCC1CCCO1)NCC1CCN(CC)C1.I. The van der Waals surface area contributed by atoms with E-state index in [2.05, 4.69) is 54.5 Å². The summed E-state index contributed by atoms with van der Waals surface area (Å²) < 4.78 is 11.8. The maximum absolute atomic E-state index is 6.12. The lowest BCUT2D eigenvalue weighted by molar-refractivity contribution is 0.0676. The van der Waals surface area contributed by atoms with Gasteiger partial charge < -0.3 is 25.0 Å². The lowest BCUT2D eigenvalue weighted by atomic mass is 10.1. The van der Waals surface area contributed by atoms with Gasteiger partial charge >= 0.3 is 0 Å². The number of nitrogens with one attached hydrogen (secondary N) is 2. The minimum atomic E-state index is 0. The van der Waals surface area contributed by atoms with E-state index in [1.165, 1.54) is 25.1 Å². The largest absolute Gasteiger partial charge is 0.491 e. The summed E-state index contributed by atoms with van der Waals surface area (Å²) in [4.78, 5) is 7.34. The minimum Gasteiger partial charge on any atom is -0.491 e. The van der Waals surface area contributed by atoms with Crippen LogP contribution in [0.3, 0.4) is 0 Å². The number of benzene rings is 1. The third-order valence-corrected chi connectivity index (χ3v) is 5.80. The first-order valence-electron chi connectivity index (χ1n) is 11.3. The Kier molecular flexibility index (Phi) is 11.2. The van der Waals surface area contributed by atoms with Crippen LogP contribution in [0.4, 0.5) is 0 Å². The summed E-state index contributed by atoms with van der Waals surface area (Å²) in [6, 6.07) is 6.36. The maximum Gasteiger partial charge on any atom is 0.191 e. The first-order valence-corrected chi connectivity index (χ1v) is 11.3. The second kappa shape index (κ2) is 13.4. The summed E-state index contributed by atoms with van der Waals surface area (Å²) in [7, 11) is 0. The van der Waals surface area contributed by atoms with E-state index in [1.807, 2.05) is 0 Å². The quantitative estimate of drug-likeness (QED) is 0.291. The molecule has 30 heavy (non-hydrogen) atoms. The van der Waals surface area contributed by atoms with Crippen molar-refractivity contribution < 1.29 is 9.47 Å². The molecule has 6 nitrogen and oxygen atoms in total. The third kappa shape index (κ3) is 7.89. The molecule has 2 fully saturated rings. The van der Waals surface area contributed by atoms with Crippen LogP contribution >= 0.6 is 24.0 Å². The molecule has 0 saturated carbocycles. The molecular formula is C23H39IN4O2. The first kappa shape index (κ1) is 25.2. The number of rotatable bonds is 9. The van der Waals surface area contributed by atoms with E-state index >= 15 is 0 Å². The molecule has 1 aromatic rings. The van der Waals surface area contributed by atoms with Gasteiger partial charge in [0.1, 0.15) is 12.4 Å². The van der Waals surface area contributed by atoms with Crippen LogP contribution in [0.5, 0.6) is 5.75 Å². The number of nitrogens with zero attached hydrogens (tertiary/aromatic N) is 2. The van der Waals surface area contributed by atoms with Gasteiger partial charge in [0.05, 0.1) is 12.6 Å². The molecule has 3 rings (SSSR count). The molecule has 1 aromatic carbocycles. The van der Waals surface area contributed by atoms with Gasteiger partial charge in [-0.25, -0.2) is 4.99 Å². The second-order valence-electron chi connectivity index (χ2n) is 8.18. The normalized spacial score (nSPS) is 22.0. The number of hydrogen-bond donors (Lipinski definition) is 2. The van der Waals surface area contributed by atoms with Crippen LogP contribution in [0.25, 0.3) is 0 Å². The number of ether oxygens (including phenoxy) is 2. The Morgan fingerprint density at radius 3 is 2.83 bits per heavy atom. The lowest BCUT2D eigenvalue weighted by Crippen LogP contribution is -2.40. The first-order chi connectivity index (χ1) is 14.2. The number of aryl methyl sites for hydroxylation is 1. The predicted octanol–water partition coefficient (Wildman–Crippen LogP) is 3.57. The zero-order valence-corrected chi connectivity index (χ0v) is 21.1. The lowest BCUT2D eigenvalue weighted by Gasteiger charge is -2.17. The van der Waals surface area contributed by atoms with Crippen LogP contribution in [0.2, 0.25) is 0 Å². The smallest absolute Gasteiger partial charge is 0.191 e. The molecule has 7 heteroatoms. The predicted molar refractivity (Wildman–Crippen MR) is 134 cm³/mol. The summed E-state index contributed by atoms with van der Waals surface area (Å²) >= 11 is 0. The van der Waals surface area contributed by atoms with E-state index in [1.54, 1.807) is 0 Å². The fourth-order valence-corrected chi connectivity index (χ4v) is 4.00. The summed E-state index contributed by atoms with van der Waals surface area (Å²) in [6.07, 6.45) is 3.71. The van der Waals surface area contributed by atoms with Gasteiger partial charge in [0.2, 0.25) is 0 Å². The fraction of sp³-hybridized carbons (Fsp3) is 0.696. The molecule has 0 aromatic heterocycles. The van der Waals surface area contributed by atoms with Crippen molar-refractivity contribution in [3.05, 3.63) is 29.3 Å². The van der Waals surface area contributed by atoms with Crippen LogP contribution in [0, 0.1) is 12.8 Å². The highest BCUT2D eigenvalue weighted by atomic mass is 127. The Balaban J connectivity index is 0.00000320. The van der Waals surface area contributed by atoms with E-state index in [9.17, 15) is 0 Å². The van der Waals surface area contributed by atoms with Crippen molar-refractivity contribution >= 4 is 29.9 Å². The summed E-state index contributed by atoms with van der Waals surface area (Å²) in [6.45, 7) is 13.9. The molecule has 0 bridgehead atoms. The van der Waals surface area contributed by atoms with Crippen LogP contribution < -0.4 is 15.4 Å². The van der Waals surface area contributed by atoms with Gasteiger partial charge in [0.15, 0.2) is 5.96 Å². The van der Waals surface area contributed by atoms with Gasteiger partial charge in [0.25, 0.3) is 0 Å². The fourth-order valence-electron chi connectivity index (χ4n) is 4.00. The minimum absolute atomic E-state index is 0. The van der Waals surface area contributed by atoms with E-state index in [0.717, 1.165) is 56.4 Å². The highest BCUT2D eigenvalue weighted by molar-refractivity contribution is 14.0. The van der Waals surface area contributed by atoms with Crippen molar-refractivity contribution in [3.8, 4) is 5.75 Å². The van der Waals surface area contributed by atoms with Gasteiger partial charge in [-0.3, -0.25) is 0 Å². The van der Waals surface area contributed by atoms with Gasteiger partial charge in [0, 0.05) is 31.8 Å². The van der Waals surface area contributed by atoms with Gasteiger partial charge in [-0.15, -0.1) is 24.0 Å². The molecule has 0 aliphatic carbocycles. The zero-order chi connectivity index (χ0) is 20.5. The van der Waals surface area contributed by atoms with Crippen LogP contribution in [-0.2, 0) is 11.3 Å². The van der Waals surface area contributed by atoms with Gasteiger partial charge in [-0.2, -0.15) is 0 Å². The Morgan fingerprint density at radius 1 is 1.27 bits per heavy atom. The number of halogens is 1. The standard InChI is InChI=1S/C23H38N4O2.HI/c1-4-24-23(25-14-19-10-11-27(5-2)16-19)26-15-20-9-8-18(3)13-22(20)29-17-21-7-6-12-28-21;/h8-9,13,19,21H,4-7,10-12,14-17H2,1-3H3,(H2,24,25,26);1H. The van der Waals surface area contributed by atoms with Gasteiger partial charge in [-0.05, 0) is 63.7 Å². The highest BCUT2D eigenvalue weighted by Crippen LogP contribution is 2.23. The molecule has 2 unspecified atom stereocenters. The molecule has 2 saturated heterocycles. The Morgan fingerprint density at radius 2 is 2.13 bits per heavy atom. The number of aliphatic imine (C=N–C) groups is 1. The zero-order valence-electron chi connectivity index (χ0n) is 18.8. The van der Waals surface area contributed by atoms with E-state index in [-0.39, 0.29) is 30.1 Å². The van der Waals surface area contributed by atoms with Crippen molar-refractivity contribution in [2.45, 2.75) is 52.7 Å². The molecule has 0 radical (unpaired) electrons. The summed E-state index contributed by atoms with van der Waals surface area (Å²) in [5.74, 6) is 2.51. The van der Waals surface area contributed by atoms with E-state index < -0.39 is 0 Å². The second-order valence-corrected chi connectivity index (χ2v) is 8.18. The molecule has 2 heterocycles. The highest BCUT2D eigenvalue weighted by Gasteiger charge is 2.21. The number of likely N-dealkylation sites (tertiary alicyclic amines) is 1. The molecule has 170 valence electrons. The average molecular weight is 530 g/mol. The molecule has 0 amide bonds. The average Bonchev–Trinajstić information content (AvgIpc) is 3.41. The molecule has 0 spiro atoms. The number of guanidine groups is 1. The molecule has 2 N–H and O–H groups in total. The van der Waals surface area contributed by atoms with Crippen molar-refractivity contribution in [2.75, 3.05) is 45.9 Å². The Hall–Kier alpha value is -1.06. The van der Waals surface area contributed by atoms with Crippen molar-refractivity contribution in [1.82, 2.24) is 15.5 Å². The maximum atomic E-state index is 6.12. The van der Waals surface area contributed by atoms with Crippen LogP contribution in [0.1, 0.15) is 44.2 Å². The van der Waals surface area contributed by atoms with Crippen LogP contribution in [0.15, 0.2) is 23.2 Å². The third-order valence-electron chi connectivity index (χ3n) is 5.80. The van der Waals surface area contributed by atoms with Crippen LogP contribution in [-0.4, -0.2) is 62.9 Å². The molecule has 2 aliphatic heterocycles. The monoisotopic (exact) mass is 530 g/mol. The summed E-state index contributed by atoms with van der Waals surface area (Å²) in [5.41, 5.74) is 2.32. The Bertz CT molecular complexity index is 665. The Labute approximate surface area is 199 Å². The van der Waals surface area contributed by atoms with Gasteiger partial charge in [-0.1, -0.05) is 19.1 Å². The van der Waals surface area contributed by atoms with Crippen molar-refractivity contribution in [3.63, 3.8) is 0 Å². The van der Waals surface area contributed by atoms with E-state index in [4.69, 9.17) is 14.5 Å². The van der Waals surface area contributed by atoms with Crippen molar-refractivity contribution in [2.24, 2.45) is 10.9 Å². The molecule has 2 aliphatic rings. The molecule has 2 atom stereocenters. The van der Waals surface area contributed by atoms with Crippen molar-refractivity contribution in [1.29, 1.82) is 0 Å². The van der Waals surface area contributed by atoms with E-state index in [0.29, 0.717) is 19.1 Å². The number of hydrogen-bond acceptors (Lipinski definition) is 4. The summed E-state index contributed by atoms with van der Waals surface area (Å²) in [5, 5.41) is 6.91. The molecular weight excluding hydrogens is 491 g/mol. The topological polar surface area (TPSA) is 58.1 Å².